The van der Waals surface area contributed by atoms with Gasteiger partial charge in [0.05, 0.1) is 0 Å². The number of carbonyl (C=O) groups is 2. The number of hydrogen-bond donors (Lipinski definition) is 1. The lowest BCUT2D eigenvalue weighted by atomic mass is 9.97. The van der Waals surface area contributed by atoms with E-state index in [9.17, 15) is 22.8 Å². The number of amides is 2. The predicted molar refractivity (Wildman–Crippen MR) is 64.4 cm³/mol. The molecule has 2 amide bonds. The molecule has 1 aliphatic heterocycles. The van der Waals surface area contributed by atoms with Crippen molar-refractivity contribution in [2.45, 2.75) is 19.4 Å². The number of nitrogens with one attached hydrogen (secondary N) is 1. The minimum atomic E-state index is -1.63. The highest BCUT2D eigenvalue weighted by Crippen LogP contribution is 2.22. The fourth-order valence-electron chi connectivity index (χ4n) is 2.09. The molecule has 0 unspecified atom stereocenters. The molecule has 0 bridgehead atoms. The highest BCUT2D eigenvalue weighted by atomic mass is 19.2. The summed E-state index contributed by atoms with van der Waals surface area (Å²) < 4.78 is 39.2. The Bertz CT molecular complexity index is 564. The fraction of sp³-hybridized carbons (Fsp3) is 0.385. The molecule has 1 saturated heterocycles. The summed E-state index contributed by atoms with van der Waals surface area (Å²) in [4.78, 5) is 25.2. The molecule has 1 aromatic carbocycles. The number of hydrogen-bond acceptors (Lipinski definition) is 2. The minimum Gasteiger partial charge on any atom is -0.352 e. The van der Waals surface area contributed by atoms with Crippen LogP contribution in [0.15, 0.2) is 12.1 Å². The third-order valence-corrected chi connectivity index (χ3v) is 3.33. The standard InChI is InChI=1S/C13H13F3N2O2/c1-13(2)12(20)17-3-4-18(13)11(19)7-5-8(14)10(16)9(15)6-7/h5-6H,3-4H2,1-2H3,(H,17,20). The Hall–Kier alpha value is -2.05. The first kappa shape index (κ1) is 14.4. The van der Waals surface area contributed by atoms with E-state index in [4.69, 9.17) is 0 Å². The summed E-state index contributed by atoms with van der Waals surface area (Å²) in [5.74, 6) is -5.58. The molecule has 0 aliphatic carbocycles. The highest BCUT2D eigenvalue weighted by molar-refractivity contribution is 5.99. The molecule has 0 atom stereocenters. The number of piperazine rings is 1. The summed E-state index contributed by atoms with van der Waals surface area (Å²) in [5.41, 5.74) is -1.47. The van der Waals surface area contributed by atoms with Gasteiger partial charge in [0.2, 0.25) is 5.91 Å². The van der Waals surface area contributed by atoms with Crippen LogP contribution in [-0.2, 0) is 4.79 Å². The van der Waals surface area contributed by atoms with E-state index in [2.05, 4.69) is 5.32 Å². The van der Waals surface area contributed by atoms with Crippen molar-refractivity contribution in [2.24, 2.45) is 0 Å². The van der Waals surface area contributed by atoms with Crippen LogP contribution in [0.1, 0.15) is 24.2 Å². The molecule has 1 fully saturated rings. The molecule has 0 radical (unpaired) electrons. The maximum absolute atomic E-state index is 13.2. The van der Waals surface area contributed by atoms with Crippen LogP contribution >= 0.6 is 0 Å². The van der Waals surface area contributed by atoms with E-state index in [0.29, 0.717) is 12.1 Å². The van der Waals surface area contributed by atoms with E-state index in [1.165, 1.54) is 18.7 Å². The van der Waals surface area contributed by atoms with Crippen molar-refractivity contribution in [3.63, 3.8) is 0 Å². The van der Waals surface area contributed by atoms with Gasteiger partial charge in [0.1, 0.15) is 5.54 Å². The van der Waals surface area contributed by atoms with Gasteiger partial charge in [-0.3, -0.25) is 9.59 Å². The van der Waals surface area contributed by atoms with Gasteiger partial charge in [-0.1, -0.05) is 0 Å². The van der Waals surface area contributed by atoms with Crippen LogP contribution in [0, 0.1) is 17.5 Å². The summed E-state index contributed by atoms with van der Waals surface area (Å²) in [7, 11) is 0. The van der Waals surface area contributed by atoms with Crippen molar-refractivity contribution in [3.05, 3.63) is 35.1 Å². The third-order valence-electron chi connectivity index (χ3n) is 3.33. The van der Waals surface area contributed by atoms with E-state index < -0.39 is 28.9 Å². The molecule has 20 heavy (non-hydrogen) atoms. The third kappa shape index (κ3) is 2.23. The fourth-order valence-corrected chi connectivity index (χ4v) is 2.09. The van der Waals surface area contributed by atoms with E-state index in [-0.39, 0.29) is 24.6 Å². The molecule has 1 aromatic rings. The van der Waals surface area contributed by atoms with Crippen LogP contribution in [-0.4, -0.2) is 35.3 Å². The molecular weight excluding hydrogens is 273 g/mol. The smallest absolute Gasteiger partial charge is 0.255 e. The minimum absolute atomic E-state index is 0.207. The average molecular weight is 286 g/mol. The van der Waals surface area contributed by atoms with Crippen LogP contribution in [0.25, 0.3) is 0 Å². The molecule has 1 heterocycles. The molecule has 108 valence electrons. The summed E-state index contributed by atoms with van der Waals surface area (Å²) in [6.07, 6.45) is 0. The van der Waals surface area contributed by atoms with E-state index in [1.807, 2.05) is 0 Å². The number of halogens is 3. The lowest BCUT2D eigenvalue weighted by Crippen LogP contribution is -2.63. The average Bonchev–Trinajstić information content (AvgIpc) is 2.37. The van der Waals surface area contributed by atoms with Crippen molar-refractivity contribution in [2.75, 3.05) is 13.1 Å². The molecule has 0 saturated carbocycles. The Kier molecular flexibility index (Phi) is 3.45. The van der Waals surface area contributed by atoms with Gasteiger partial charge < -0.3 is 10.2 Å². The summed E-state index contributed by atoms with van der Waals surface area (Å²) in [5, 5.41) is 2.60. The number of carbonyl (C=O) groups excluding carboxylic acids is 2. The predicted octanol–water partition coefficient (Wildman–Crippen LogP) is 1.45. The van der Waals surface area contributed by atoms with Crippen molar-refractivity contribution in [1.29, 1.82) is 0 Å². The van der Waals surface area contributed by atoms with E-state index in [1.54, 1.807) is 0 Å². The molecular formula is C13H13F3N2O2. The highest BCUT2D eigenvalue weighted by Gasteiger charge is 2.40. The monoisotopic (exact) mass is 286 g/mol. The van der Waals surface area contributed by atoms with Gasteiger partial charge in [-0.05, 0) is 26.0 Å². The van der Waals surface area contributed by atoms with Crippen LogP contribution < -0.4 is 5.32 Å². The molecule has 7 heteroatoms. The van der Waals surface area contributed by atoms with Gasteiger partial charge in [0, 0.05) is 18.7 Å². The lowest BCUT2D eigenvalue weighted by molar-refractivity contribution is -0.133. The zero-order valence-corrected chi connectivity index (χ0v) is 11.0. The maximum Gasteiger partial charge on any atom is 0.255 e. The van der Waals surface area contributed by atoms with E-state index >= 15 is 0 Å². The summed E-state index contributed by atoms with van der Waals surface area (Å²) in [6.45, 7) is 3.50. The van der Waals surface area contributed by atoms with Gasteiger partial charge >= 0.3 is 0 Å². The van der Waals surface area contributed by atoms with Crippen LogP contribution in [0.3, 0.4) is 0 Å². The largest absolute Gasteiger partial charge is 0.352 e. The summed E-state index contributed by atoms with van der Waals surface area (Å²) in [6, 6.07) is 1.26. The van der Waals surface area contributed by atoms with Crippen molar-refractivity contribution < 1.29 is 22.8 Å². The Morgan fingerprint density at radius 3 is 2.35 bits per heavy atom. The Balaban J connectivity index is 2.38. The first-order valence-corrected chi connectivity index (χ1v) is 6.00. The molecule has 2 rings (SSSR count). The number of rotatable bonds is 1. The van der Waals surface area contributed by atoms with Crippen LogP contribution in [0.2, 0.25) is 0 Å². The second-order valence-electron chi connectivity index (χ2n) is 5.03. The molecule has 1 N–H and O–H groups in total. The zero-order valence-electron chi connectivity index (χ0n) is 11.0. The van der Waals surface area contributed by atoms with Crippen LogP contribution in [0.5, 0.6) is 0 Å². The van der Waals surface area contributed by atoms with Crippen LogP contribution in [0.4, 0.5) is 13.2 Å². The first-order valence-electron chi connectivity index (χ1n) is 6.00. The maximum atomic E-state index is 13.2. The van der Waals surface area contributed by atoms with Gasteiger partial charge in [0.25, 0.3) is 5.91 Å². The molecule has 4 nitrogen and oxygen atoms in total. The zero-order chi connectivity index (χ0) is 15.1. The van der Waals surface area contributed by atoms with Gasteiger partial charge in [-0.15, -0.1) is 0 Å². The van der Waals surface area contributed by atoms with Gasteiger partial charge in [0.15, 0.2) is 17.5 Å². The quantitative estimate of drug-likeness (QED) is 0.794. The Morgan fingerprint density at radius 2 is 1.80 bits per heavy atom. The molecule has 0 aromatic heterocycles. The van der Waals surface area contributed by atoms with Crippen molar-refractivity contribution >= 4 is 11.8 Å². The Morgan fingerprint density at radius 1 is 1.25 bits per heavy atom. The molecule has 1 aliphatic rings. The topological polar surface area (TPSA) is 49.4 Å². The Labute approximate surface area is 113 Å². The first-order chi connectivity index (χ1) is 9.25. The van der Waals surface area contributed by atoms with Gasteiger partial charge in [-0.25, -0.2) is 13.2 Å². The summed E-state index contributed by atoms with van der Waals surface area (Å²) >= 11 is 0. The number of benzene rings is 1. The lowest BCUT2D eigenvalue weighted by Gasteiger charge is -2.41. The number of nitrogens with zero attached hydrogens (tertiary/aromatic N) is 1. The van der Waals surface area contributed by atoms with Crippen molar-refractivity contribution in [3.8, 4) is 0 Å². The van der Waals surface area contributed by atoms with Gasteiger partial charge in [-0.2, -0.15) is 0 Å². The normalized spacial score (nSPS) is 17.9. The van der Waals surface area contributed by atoms with E-state index in [0.717, 1.165) is 0 Å². The second-order valence-corrected chi connectivity index (χ2v) is 5.03. The second kappa shape index (κ2) is 4.81. The SMILES string of the molecule is CC1(C)C(=O)NCCN1C(=O)c1cc(F)c(F)c(F)c1. The van der Waals surface area contributed by atoms with Crippen molar-refractivity contribution in [1.82, 2.24) is 10.2 Å². The molecule has 0 spiro atoms.